The van der Waals surface area contributed by atoms with E-state index in [2.05, 4.69) is 87.1 Å². The van der Waals surface area contributed by atoms with Crippen molar-refractivity contribution < 1.29 is 0 Å². The number of tetrazole rings is 1. The Morgan fingerprint density at radius 2 is 1.62 bits per heavy atom. The first-order valence-electron chi connectivity index (χ1n) is 11.8. The van der Waals surface area contributed by atoms with Gasteiger partial charge in [-0.2, -0.15) is 5.21 Å². The molecule has 4 aromatic carbocycles. The average molecular weight is 444 g/mol. The van der Waals surface area contributed by atoms with Crippen LogP contribution < -0.4 is 0 Å². The number of pyridine rings is 1. The van der Waals surface area contributed by atoms with E-state index in [1.807, 2.05) is 30.6 Å². The van der Waals surface area contributed by atoms with Crippen molar-refractivity contribution in [3.05, 3.63) is 96.3 Å². The monoisotopic (exact) mass is 443 g/mol. The standard InChI is InChI=1S/C20H18N4.C9H7N/c1-12-4-2-5-14-13(12)8-9-17-15-6-3-7-19(20-21-23-24-22-20)18(15)11-10-16(14)17;1-2-4-9-7-10-6-5-8(9)3-1/h3,6-12H,2,4-5H2,1H3,(H,21,22,23,24);1-7H. The van der Waals surface area contributed by atoms with Crippen LogP contribution in [0.5, 0.6) is 0 Å². The molecule has 0 amide bonds. The molecule has 0 bridgehead atoms. The van der Waals surface area contributed by atoms with Gasteiger partial charge in [-0.05, 0) is 79.9 Å². The molecule has 2 heterocycles. The fourth-order valence-corrected chi connectivity index (χ4v) is 5.23. The number of fused-ring (bicyclic) bond motifs is 6. The zero-order chi connectivity index (χ0) is 22.9. The Bertz CT molecular complexity index is 1540. The van der Waals surface area contributed by atoms with Crippen molar-refractivity contribution in [3.8, 4) is 11.4 Å². The Morgan fingerprint density at radius 1 is 0.794 bits per heavy atom. The molecule has 0 fully saturated rings. The molecule has 1 atom stereocenters. The van der Waals surface area contributed by atoms with Crippen molar-refractivity contribution in [1.29, 1.82) is 0 Å². The van der Waals surface area contributed by atoms with Crippen molar-refractivity contribution in [2.75, 3.05) is 0 Å². The lowest BCUT2D eigenvalue weighted by molar-refractivity contribution is 0.593. The molecule has 166 valence electrons. The Labute approximate surface area is 197 Å². The second-order valence-corrected chi connectivity index (χ2v) is 8.95. The summed E-state index contributed by atoms with van der Waals surface area (Å²) in [6.45, 7) is 2.35. The number of benzene rings is 4. The maximum Gasteiger partial charge on any atom is 0.205 e. The molecule has 1 N–H and O–H groups in total. The van der Waals surface area contributed by atoms with Gasteiger partial charge in [0.2, 0.25) is 5.82 Å². The first-order valence-corrected chi connectivity index (χ1v) is 11.8. The summed E-state index contributed by atoms with van der Waals surface area (Å²) < 4.78 is 0. The number of rotatable bonds is 1. The quantitative estimate of drug-likeness (QED) is 0.282. The Balaban J connectivity index is 0.000000182. The largest absolute Gasteiger partial charge is 0.264 e. The molecule has 1 unspecified atom stereocenters. The van der Waals surface area contributed by atoms with E-state index in [-0.39, 0.29) is 0 Å². The second-order valence-electron chi connectivity index (χ2n) is 8.95. The first-order chi connectivity index (χ1) is 16.8. The number of aromatic nitrogens is 5. The molecule has 5 heteroatoms. The summed E-state index contributed by atoms with van der Waals surface area (Å²) in [5.74, 6) is 1.31. The van der Waals surface area contributed by atoms with Crippen LogP contribution in [0.15, 0.2) is 85.2 Å². The molecule has 1 aliphatic carbocycles. The van der Waals surface area contributed by atoms with Gasteiger partial charge in [0.1, 0.15) is 0 Å². The van der Waals surface area contributed by atoms with Gasteiger partial charge in [-0.15, -0.1) is 10.2 Å². The lowest BCUT2D eigenvalue weighted by Gasteiger charge is -2.24. The Hall–Kier alpha value is -4.12. The summed E-state index contributed by atoms with van der Waals surface area (Å²) in [7, 11) is 0. The highest BCUT2D eigenvalue weighted by Crippen LogP contribution is 2.39. The predicted molar refractivity (Wildman–Crippen MR) is 138 cm³/mol. The van der Waals surface area contributed by atoms with Crippen LogP contribution in [0.25, 0.3) is 43.7 Å². The SMILES string of the molecule is CC1CCCc2c1ccc1c2ccc2c(-c3nn[nH]n3)cccc21.c1ccc2cnccc2c1. The molecular formula is C29H25N5. The summed E-state index contributed by atoms with van der Waals surface area (Å²) in [5, 5.41) is 22.1. The van der Waals surface area contributed by atoms with Crippen LogP contribution in [-0.4, -0.2) is 25.6 Å². The number of aryl methyl sites for hydroxylation is 1. The summed E-state index contributed by atoms with van der Waals surface area (Å²) in [6, 6.07) is 25.6. The number of hydrogen-bond donors (Lipinski definition) is 1. The van der Waals surface area contributed by atoms with E-state index in [1.165, 1.54) is 62.7 Å². The normalized spacial score (nSPS) is 15.1. The van der Waals surface area contributed by atoms with Crippen molar-refractivity contribution in [1.82, 2.24) is 25.6 Å². The van der Waals surface area contributed by atoms with Gasteiger partial charge >= 0.3 is 0 Å². The van der Waals surface area contributed by atoms with Crippen molar-refractivity contribution in [2.24, 2.45) is 0 Å². The van der Waals surface area contributed by atoms with Crippen LogP contribution in [0, 0.1) is 0 Å². The smallest absolute Gasteiger partial charge is 0.205 e. The summed E-state index contributed by atoms with van der Waals surface area (Å²) in [4.78, 5) is 4.01. The third-order valence-corrected chi connectivity index (χ3v) is 6.94. The summed E-state index contributed by atoms with van der Waals surface area (Å²) in [6.07, 6.45) is 7.45. The third-order valence-electron chi connectivity index (χ3n) is 6.94. The molecule has 34 heavy (non-hydrogen) atoms. The van der Waals surface area contributed by atoms with Gasteiger partial charge < -0.3 is 0 Å². The number of aromatic amines is 1. The van der Waals surface area contributed by atoms with Gasteiger partial charge in [0.05, 0.1) is 0 Å². The minimum Gasteiger partial charge on any atom is -0.264 e. The first kappa shape index (κ1) is 20.5. The maximum absolute atomic E-state index is 4.15. The van der Waals surface area contributed by atoms with Gasteiger partial charge in [-0.3, -0.25) is 4.98 Å². The zero-order valence-electron chi connectivity index (χ0n) is 19.1. The third kappa shape index (κ3) is 3.59. The van der Waals surface area contributed by atoms with Crippen LogP contribution in [0.1, 0.15) is 36.8 Å². The second kappa shape index (κ2) is 8.67. The van der Waals surface area contributed by atoms with Crippen LogP contribution in [0.3, 0.4) is 0 Å². The van der Waals surface area contributed by atoms with Crippen molar-refractivity contribution >= 4 is 32.3 Å². The Kier molecular flexibility index (Phi) is 5.22. The van der Waals surface area contributed by atoms with Crippen molar-refractivity contribution in [3.63, 3.8) is 0 Å². The average Bonchev–Trinajstić information content (AvgIpc) is 3.43. The predicted octanol–water partition coefficient (Wildman–Crippen LogP) is 6.85. The molecule has 2 aromatic heterocycles. The minimum atomic E-state index is 0.645. The van der Waals surface area contributed by atoms with E-state index in [4.69, 9.17) is 0 Å². The van der Waals surface area contributed by atoms with E-state index in [9.17, 15) is 0 Å². The molecule has 7 rings (SSSR count). The summed E-state index contributed by atoms with van der Waals surface area (Å²) >= 11 is 0. The van der Waals surface area contributed by atoms with Crippen LogP contribution >= 0.6 is 0 Å². The lowest BCUT2D eigenvalue weighted by Crippen LogP contribution is -2.07. The summed E-state index contributed by atoms with van der Waals surface area (Å²) in [5.41, 5.74) is 4.09. The molecule has 0 saturated carbocycles. The fourth-order valence-electron chi connectivity index (χ4n) is 5.23. The number of hydrogen-bond acceptors (Lipinski definition) is 4. The number of nitrogens with zero attached hydrogens (tertiary/aromatic N) is 4. The molecule has 0 aliphatic heterocycles. The molecule has 0 saturated heterocycles. The lowest BCUT2D eigenvalue weighted by atomic mass is 9.81. The topological polar surface area (TPSA) is 67.3 Å². The highest BCUT2D eigenvalue weighted by atomic mass is 15.5. The number of nitrogens with one attached hydrogen (secondary N) is 1. The highest BCUT2D eigenvalue weighted by molar-refractivity contribution is 6.12. The molecule has 6 aromatic rings. The van der Waals surface area contributed by atoms with E-state index < -0.39 is 0 Å². The van der Waals surface area contributed by atoms with Crippen LogP contribution in [0.2, 0.25) is 0 Å². The minimum absolute atomic E-state index is 0.645. The van der Waals surface area contributed by atoms with E-state index in [0.717, 1.165) is 5.56 Å². The molecule has 0 spiro atoms. The maximum atomic E-state index is 4.15. The molecular weight excluding hydrogens is 418 g/mol. The number of H-pyrrole nitrogens is 1. The Morgan fingerprint density at radius 3 is 2.47 bits per heavy atom. The molecule has 0 radical (unpaired) electrons. The molecule has 5 nitrogen and oxygen atoms in total. The van der Waals surface area contributed by atoms with Crippen molar-refractivity contribution in [2.45, 2.75) is 32.1 Å². The molecule has 1 aliphatic rings. The zero-order valence-corrected chi connectivity index (χ0v) is 19.1. The van der Waals surface area contributed by atoms with Gasteiger partial charge in [-0.25, -0.2) is 0 Å². The van der Waals surface area contributed by atoms with E-state index >= 15 is 0 Å². The van der Waals surface area contributed by atoms with E-state index in [1.54, 1.807) is 0 Å². The van der Waals surface area contributed by atoms with Gasteiger partial charge in [-0.1, -0.05) is 73.7 Å². The van der Waals surface area contributed by atoms with Gasteiger partial charge in [0.25, 0.3) is 0 Å². The highest BCUT2D eigenvalue weighted by Gasteiger charge is 2.19. The van der Waals surface area contributed by atoms with Gasteiger partial charge in [0.15, 0.2) is 0 Å². The van der Waals surface area contributed by atoms with Crippen LogP contribution in [-0.2, 0) is 6.42 Å². The van der Waals surface area contributed by atoms with Gasteiger partial charge in [0, 0.05) is 18.0 Å². The fraction of sp³-hybridized carbons (Fsp3) is 0.172. The van der Waals surface area contributed by atoms with E-state index in [0.29, 0.717) is 11.7 Å². The van der Waals surface area contributed by atoms with Crippen LogP contribution in [0.4, 0.5) is 0 Å².